The number of ether oxygens (including phenoxy) is 1. The number of pyridine rings is 1. The zero-order chi connectivity index (χ0) is 23.4. The van der Waals surface area contributed by atoms with Crippen molar-refractivity contribution in [1.82, 2.24) is 9.88 Å². The number of hydrogen-bond donors (Lipinski definition) is 0. The van der Waals surface area contributed by atoms with Gasteiger partial charge in [-0.1, -0.05) is 35.9 Å². The molecule has 0 amide bonds. The first kappa shape index (κ1) is 23.3. The van der Waals surface area contributed by atoms with E-state index < -0.39 is 11.7 Å². The monoisotopic (exact) mass is 474 g/mol. The second-order valence-corrected chi connectivity index (χ2v) is 8.49. The Labute approximate surface area is 195 Å². The van der Waals surface area contributed by atoms with E-state index >= 15 is 0 Å². The molecular weight excluding hydrogens is 453 g/mol. The predicted octanol–water partition coefficient (Wildman–Crippen LogP) is 6.64. The molecule has 0 radical (unpaired) electrons. The molecule has 172 valence electrons. The molecular formula is C25H22ClF3N2O2. The van der Waals surface area contributed by atoms with Crippen molar-refractivity contribution in [1.29, 1.82) is 0 Å². The number of alkyl halides is 3. The summed E-state index contributed by atoms with van der Waals surface area (Å²) < 4.78 is 43.9. The van der Waals surface area contributed by atoms with Gasteiger partial charge in [-0.15, -0.1) is 0 Å². The fourth-order valence-corrected chi connectivity index (χ4v) is 3.99. The predicted molar refractivity (Wildman–Crippen MR) is 120 cm³/mol. The van der Waals surface area contributed by atoms with Gasteiger partial charge in [0.1, 0.15) is 5.75 Å². The Morgan fingerprint density at radius 2 is 1.67 bits per heavy atom. The Hall–Kier alpha value is -2.90. The van der Waals surface area contributed by atoms with E-state index in [-0.39, 0.29) is 11.7 Å². The molecule has 0 unspecified atom stereocenters. The van der Waals surface area contributed by atoms with E-state index in [9.17, 15) is 18.0 Å². The van der Waals surface area contributed by atoms with Crippen molar-refractivity contribution in [2.75, 3.05) is 13.1 Å². The zero-order valence-corrected chi connectivity index (χ0v) is 18.4. The Bertz CT molecular complexity index is 1080. The number of carbonyl (C=O) groups excluding carboxylic acids is 1. The van der Waals surface area contributed by atoms with Crippen LogP contribution in [0.4, 0.5) is 13.2 Å². The highest BCUT2D eigenvalue weighted by molar-refractivity contribution is 6.30. The highest BCUT2D eigenvalue weighted by atomic mass is 35.5. The first-order valence-electron chi connectivity index (χ1n) is 10.6. The number of nitrogens with zero attached hydrogens (tertiary/aromatic N) is 2. The molecule has 8 heteroatoms. The maximum Gasteiger partial charge on any atom is 0.416 e. The van der Waals surface area contributed by atoms with Crippen LogP contribution in [0.1, 0.15) is 34.3 Å². The van der Waals surface area contributed by atoms with E-state index in [1.54, 1.807) is 12.1 Å². The number of halogens is 4. The summed E-state index contributed by atoms with van der Waals surface area (Å²) in [5.41, 5.74) is 0.723. The average Bonchev–Trinajstić information content (AvgIpc) is 2.81. The second-order valence-electron chi connectivity index (χ2n) is 8.05. The molecule has 1 aliphatic heterocycles. The first-order chi connectivity index (χ1) is 15.8. The lowest BCUT2D eigenvalue weighted by molar-refractivity contribution is -0.137. The summed E-state index contributed by atoms with van der Waals surface area (Å²) in [6.45, 7) is 2.26. The lowest BCUT2D eigenvalue weighted by Gasteiger charge is -2.31. The molecule has 0 atom stereocenters. The summed E-state index contributed by atoms with van der Waals surface area (Å²) in [6.07, 6.45) is -1.51. The summed E-state index contributed by atoms with van der Waals surface area (Å²) in [5, 5.41) is 0.544. The van der Waals surface area contributed by atoms with E-state index in [1.807, 2.05) is 24.3 Å². The molecule has 0 saturated carbocycles. The van der Waals surface area contributed by atoms with Crippen molar-refractivity contribution in [2.24, 2.45) is 5.92 Å². The molecule has 0 bridgehead atoms. The van der Waals surface area contributed by atoms with Gasteiger partial charge in [0.25, 0.3) is 0 Å². The summed E-state index contributed by atoms with van der Waals surface area (Å²) >= 11 is 5.83. The van der Waals surface area contributed by atoms with E-state index in [0.717, 1.165) is 37.3 Å². The zero-order valence-electron chi connectivity index (χ0n) is 17.7. The molecule has 3 aromatic rings. The van der Waals surface area contributed by atoms with Gasteiger partial charge in [-0.2, -0.15) is 13.2 Å². The molecule has 1 fully saturated rings. The Kier molecular flexibility index (Phi) is 7.00. The minimum atomic E-state index is -4.40. The highest BCUT2D eigenvalue weighted by Gasteiger charge is 2.31. The van der Waals surface area contributed by atoms with Gasteiger partial charge in [0.05, 0.1) is 10.6 Å². The number of Topliss-reactive ketones (excluding diaryl/α,β-unsaturated/α-hetero) is 1. The smallest absolute Gasteiger partial charge is 0.416 e. The maximum absolute atomic E-state index is 12.7. The van der Waals surface area contributed by atoms with Gasteiger partial charge < -0.3 is 4.74 Å². The number of likely N-dealkylation sites (tertiary alicyclic amines) is 1. The molecule has 0 aliphatic carbocycles. The van der Waals surface area contributed by atoms with E-state index in [0.29, 0.717) is 35.1 Å². The minimum Gasteiger partial charge on any atom is -0.439 e. The van der Waals surface area contributed by atoms with E-state index in [2.05, 4.69) is 9.88 Å². The van der Waals surface area contributed by atoms with Crippen molar-refractivity contribution in [3.8, 4) is 11.6 Å². The molecule has 0 N–H and O–H groups in total. The average molecular weight is 475 g/mol. The van der Waals surface area contributed by atoms with Crippen LogP contribution in [-0.2, 0) is 12.7 Å². The first-order valence-corrected chi connectivity index (χ1v) is 11.0. The van der Waals surface area contributed by atoms with Gasteiger partial charge in [0.15, 0.2) is 5.78 Å². The quantitative estimate of drug-likeness (QED) is 0.375. The van der Waals surface area contributed by atoms with Crippen LogP contribution in [-0.4, -0.2) is 28.8 Å². The third-order valence-corrected chi connectivity index (χ3v) is 5.93. The standard InChI is InChI=1S/C25H22ClF3N2O2/c26-21-7-10-23(30-15-21)33-22-8-1-17(2-9-22)16-31-13-11-19(12-14-31)24(32)18-3-5-20(6-4-18)25(27,28)29/h1-10,15,19H,11-14,16H2. The number of ketones is 1. The van der Waals surface area contributed by atoms with Crippen LogP contribution >= 0.6 is 11.6 Å². The van der Waals surface area contributed by atoms with Gasteiger partial charge in [-0.05, 0) is 61.8 Å². The maximum atomic E-state index is 12.7. The second kappa shape index (κ2) is 9.93. The van der Waals surface area contributed by atoms with Crippen LogP contribution in [0.2, 0.25) is 5.02 Å². The minimum absolute atomic E-state index is 0.0827. The van der Waals surface area contributed by atoms with Crippen LogP contribution in [0.5, 0.6) is 11.6 Å². The molecule has 1 saturated heterocycles. The Morgan fingerprint density at radius 1 is 1.00 bits per heavy atom. The lowest BCUT2D eigenvalue weighted by atomic mass is 9.88. The van der Waals surface area contributed by atoms with E-state index in [4.69, 9.17) is 16.3 Å². The number of carbonyl (C=O) groups is 1. The molecule has 2 heterocycles. The Morgan fingerprint density at radius 3 is 2.24 bits per heavy atom. The van der Waals surface area contributed by atoms with Crippen molar-refractivity contribution in [3.63, 3.8) is 0 Å². The fraction of sp³-hybridized carbons (Fsp3) is 0.280. The lowest BCUT2D eigenvalue weighted by Crippen LogP contribution is -2.35. The number of aromatic nitrogens is 1. The molecule has 0 spiro atoms. The van der Waals surface area contributed by atoms with Gasteiger partial charge in [-0.3, -0.25) is 9.69 Å². The third-order valence-electron chi connectivity index (χ3n) is 5.71. The van der Waals surface area contributed by atoms with Crippen molar-refractivity contribution in [3.05, 3.63) is 88.6 Å². The van der Waals surface area contributed by atoms with Crippen molar-refractivity contribution < 1.29 is 22.7 Å². The normalized spacial score (nSPS) is 15.4. The van der Waals surface area contributed by atoms with Crippen LogP contribution in [0.3, 0.4) is 0 Å². The summed E-state index contributed by atoms with van der Waals surface area (Å²) in [7, 11) is 0. The fourth-order valence-electron chi connectivity index (χ4n) is 3.88. The molecule has 33 heavy (non-hydrogen) atoms. The topological polar surface area (TPSA) is 42.4 Å². The summed E-state index contributed by atoms with van der Waals surface area (Å²) in [6, 6.07) is 15.7. The van der Waals surface area contributed by atoms with E-state index in [1.165, 1.54) is 18.3 Å². The van der Waals surface area contributed by atoms with Gasteiger partial charge in [-0.25, -0.2) is 4.98 Å². The number of rotatable bonds is 6. The largest absolute Gasteiger partial charge is 0.439 e. The Balaban J connectivity index is 1.27. The molecule has 1 aromatic heterocycles. The van der Waals surface area contributed by atoms with Crippen molar-refractivity contribution in [2.45, 2.75) is 25.6 Å². The van der Waals surface area contributed by atoms with Gasteiger partial charge in [0.2, 0.25) is 5.88 Å². The number of hydrogen-bond acceptors (Lipinski definition) is 4. The molecule has 4 nitrogen and oxygen atoms in total. The molecule has 4 rings (SSSR count). The number of benzene rings is 2. The van der Waals surface area contributed by atoms with Crippen LogP contribution in [0.25, 0.3) is 0 Å². The van der Waals surface area contributed by atoms with Gasteiger partial charge in [0, 0.05) is 30.3 Å². The van der Waals surface area contributed by atoms with Crippen LogP contribution in [0, 0.1) is 5.92 Å². The number of piperidine rings is 1. The van der Waals surface area contributed by atoms with Crippen LogP contribution in [0.15, 0.2) is 66.9 Å². The highest BCUT2D eigenvalue weighted by Crippen LogP contribution is 2.30. The van der Waals surface area contributed by atoms with Crippen LogP contribution < -0.4 is 4.74 Å². The molecule has 1 aliphatic rings. The summed E-state index contributed by atoms with van der Waals surface area (Å²) in [5.74, 6) is 0.891. The summed E-state index contributed by atoms with van der Waals surface area (Å²) in [4.78, 5) is 19.1. The molecule has 2 aromatic carbocycles. The SMILES string of the molecule is O=C(c1ccc(C(F)(F)F)cc1)C1CCN(Cc2ccc(Oc3ccc(Cl)cn3)cc2)CC1. The van der Waals surface area contributed by atoms with Crippen molar-refractivity contribution >= 4 is 17.4 Å². The third kappa shape index (κ3) is 6.12. The van der Waals surface area contributed by atoms with Gasteiger partial charge >= 0.3 is 6.18 Å².